The topological polar surface area (TPSA) is 37.6 Å². The van der Waals surface area contributed by atoms with Crippen LogP contribution < -0.4 is 4.80 Å². The van der Waals surface area contributed by atoms with Crippen LogP contribution in [0.15, 0.2) is 35.5 Å². The number of thiazole rings is 1. The van der Waals surface area contributed by atoms with Gasteiger partial charge in [-0.15, -0.1) is 17.8 Å². The van der Waals surface area contributed by atoms with Gasteiger partial charge in [-0.3, -0.25) is 4.57 Å². The first-order chi connectivity index (χ1) is 11.2. The number of terminal acetylenes is 1. The van der Waals surface area contributed by atoms with Gasteiger partial charge in [-0.2, -0.15) is 18.2 Å². The zero-order chi connectivity index (χ0) is 17.9. The van der Waals surface area contributed by atoms with Crippen molar-refractivity contribution in [3.8, 4) is 18.0 Å². The highest BCUT2D eigenvalue weighted by atomic mass is 32.1. The van der Waals surface area contributed by atoms with Gasteiger partial charge in [-0.25, -0.2) is 4.79 Å². The molecule has 0 aliphatic rings. The molecule has 126 valence electrons. The number of nitrogens with zero attached hydrogens (tertiary/aromatic N) is 3. The Kier molecular flexibility index (Phi) is 5.14. The van der Waals surface area contributed by atoms with E-state index in [0.717, 1.165) is 17.0 Å². The van der Waals surface area contributed by atoms with Gasteiger partial charge < -0.3 is 4.90 Å². The minimum absolute atomic E-state index is 0.118. The van der Waals surface area contributed by atoms with Crippen LogP contribution in [0.25, 0.3) is 5.69 Å². The van der Waals surface area contributed by atoms with Crippen molar-refractivity contribution >= 4 is 17.4 Å². The van der Waals surface area contributed by atoms with E-state index in [1.165, 1.54) is 35.4 Å². The molecule has 0 spiro atoms. The maximum absolute atomic E-state index is 12.6. The van der Waals surface area contributed by atoms with Gasteiger partial charge in [-0.1, -0.05) is 5.92 Å². The molecule has 8 heteroatoms. The molecular formula is C16H14F3N3OS. The van der Waals surface area contributed by atoms with Crippen LogP contribution in [-0.4, -0.2) is 29.1 Å². The van der Waals surface area contributed by atoms with Crippen molar-refractivity contribution in [2.45, 2.75) is 13.1 Å². The number of urea groups is 1. The van der Waals surface area contributed by atoms with E-state index in [2.05, 4.69) is 10.9 Å². The second-order valence-electron chi connectivity index (χ2n) is 4.99. The maximum Gasteiger partial charge on any atom is 0.416 e. The van der Waals surface area contributed by atoms with Crippen molar-refractivity contribution in [3.05, 3.63) is 45.7 Å². The van der Waals surface area contributed by atoms with Crippen molar-refractivity contribution in [1.82, 2.24) is 9.47 Å². The number of hydrogen-bond acceptors (Lipinski definition) is 2. The average Bonchev–Trinajstić information content (AvgIpc) is 2.87. The second-order valence-corrected chi connectivity index (χ2v) is 6.21. The first-order valence-electron chi connectivity index (χ1n) is 6.82. The third-order valence-electron chi connectivity index (χ3n) is 3.09. The minimum Gasteiger partial charge on any atom is -0.315 e. The van der Waals surface area contributed by atoms with Crippen molar-refractivity contribution in [2.24, 2.45) is 4.99 Å². The summed E-state index contributed by atoms with van der Waals surface area (Å²) in [4.78, 5) is 18.5. The standard InChI is InChI=1S/C16H14F3N3OS/c1-4-9-21(3)14(23)20-15-22(10-11(2)24-15)13-7-5-12(6-8-13)16(17,18)19/h1,5-8,10H,9H2,2-3H3/b20-15-. The molecule has 0 atom stereocenters. The molecule has 4 nitrogen and oxygen atoms in total. The second kappa shape index (κ2) is 6.93. The normalized spacial score (nSPS) is 12.1. The average molecular weight is 353 g/mol. The van der Waals surface area contributed by atoms with E-state index in [1.54, 1.807) is 10.8 Å². The summed E-state index contributed by atoms with van der Waals surface area (Å²) in [7, 11) is 1.52. The highest BCUT2D eigenvalue weighted by molar-refractivity contribution is 7.09. The summed E-state index contributed by atoms with van der Waals surface area (Å²) >= 11 is 1.26. The van der Waals surface area contributed by atoms with Crippen LogP contribution >= 0.6 is 11.3 Å². The molecule has 1 heterocycles. The summed E-state index contributed by atoms with van der Waals surface area (Å²) in [6.45, 7) is 1.94. The molecule has 0 N–H and O–H groups in total. The summed E-state index contributed by atoms with van der Waals surface area (Å²) in [5.74, 6) is 2.34. The zero-order valence-corrected chi connectivity index (χ0v) is 13.8. The third-order valence-corrected chi connectivity index (χ3v) is 3.99. The van der Waals surface area contributed by atoms with E-state index in [0.29, 0.717) is 10.5 Å². The maximum atomic E-state index is 12.6. The van der Waals surface area contributed by atoms with Gasteiger partial charge >= 0.3 is 12.2 Å². The number of rotatable bonds is 2. The monoisotopic (exact) mass is 353 g/mol. The molecule has 0 aliphatic carbocycles. The number of alkyl halides is 3. The van der Waals surface area contributed by atoms with Crippen LogP contribution in [0, 0.1) is 19.3 Å². The molecule has 2 rings (SSSR count). The number of halogens is 3. The summed E-state index contributed by atoms with van der Waals surface area (Å²) in [5.41, 5.74) is -0.249. The molecule has 0 saturated carbocycles. The van der Waals surface area contributed by atoms with Gasteiger partial charge in [0.15, 0.2) is 4.80 Å². The Balaban J connectivity index is 2.43. The van der Waals surface area contributed by atoms with Crippen LogP contribution in [0.1, 0.15) is 10.4 Å². The van der Waals surface area contributed by atoms with Crippen molar-refractivity contribution in [3.63, 3.8) is 0 Å². The highest BCUT2D eigenvalue weighted by Crippen LogP contribution is 2.29. The van der Waals surface area contributed by atoms with Crippen LogP contribution in [-0.2, 0) is 6.18 Å². The van der Waals surface area contributed by atoms with E-state index in [-0.39, 0.29) is 6.54 Å². The number of aryl methyl sites for hydroxylation is 1. The Morgan fingerprint density at radius 3 is 2.54 bits per heavy atom. The Bertz CT molecular complexity index is 841. The van der Waals surface area contributed by atoms with E-state index >= 15 is 0 Å². The molecule has 24 heavy (non-hydrogen) atoms. The lowest BCUT2D eigenvalue weighted by atomic mass is 10.2. The molecular weight excluding hydrogens is 339 g/mol. The molecule has 0 fully saturated rings. The quantitative estimate of drug-likeness (QED) is 0.762. The Labute approximate surface area is 140 Å². The van der Waals surface area contributed by atoms with Gasteiger partial charge in [-0.05, 0) is 31.2 Å². The lowest BCUT2D eigenvalue weighted by molar-refractivity contribution is -0.137. The van der Waals surface area contributed by atoms with Crippen LogP contribution in [0.3, 0.4) is 0 Å². The van der Waals surface area contributed by atoms with Gasteiger partial charge in [0.2, 0.25) is 0 Å². The largest absolute Gasteiger partial charge is 0.416 e. The predicted molar refractivity (Wildman–Crippen MR) is 85.8 cm³/mol. The summed E-state index contributed by atoms with van der Waals surface area (Å²) in [6, 6.07) is 4.14. The fourth-order valence-electron chi connectivity index (χ4n) is 1.90. The van der Waals surface area contributed by atoms with E-state index in [9.17, 15) is 18.0 Å². The number of benzene rings is 1. The van der Waals surface area contributed by atoms with Crippen molar-refractivity contribution in [2.75, 3.05) is 13.6 Å². The first kappa shape index (κ1) is 17.8. The smallest absolute Gasteiger partial charge is 0.315 e. The van der Waals surface area contributed by atoms with Crippen LogP contribution in [0.5, 0.6) is 0 Å². The molecule has 0 radical (unpaired) electrons. The van der Waals surface area contributed by atoms with Gasteiger partial charge in [0, 0.05) is 23.8 Å². The number of carbonyl (C=O) groups is 1. The summed E-state index contributed by atoms with van der Waals surface area (Å²) < 4.78 is 39.5. The number of amides is 2. The molecule has 0 bridgehead atoms. The first-order valence-corrected chi connectivity index (χ1v) is 7.64. The number of aromatic nitrogens is 1. The predicted octanol–water partition coefficient (Wildman–Crippen LogP) is 3.45. The Morgan fingerprint density at radius 1 is 1.38 bits per heavy atom. The molecule has 0 saturated heterocycles. The fraction of sp³-hybridized carbons (Fsp3) is 0.250. The molecule has 0 unspecified atom stereocenters. The van der Waals surface area contributed by atoms with Gasteiger partial charge in [0.25, 0.3) is 0 Å². The Morgan fingerprint density at radius 2 is 2.00 bits per heavy atom. The molecule has 2 aromatic rings. The van der Waals surface area contributed by atoms with Crippen molar-refractivity contribution in [1.29, 1.82) is 0 Å². The van der Waals surface area contributed by atoms with E-state index in [1.807, 2.05) is 6.92 Å². The Hall–Kier alpha value is -2.53. The molecule has 1 aromatic carbocycles. The van der Waals surface area contributed by atoms with Crippen LogP contribution in [0.2, 0.25) is 0 Å². The lowest BCUT2D eigenvalue weighted by Crippen LogP contribution is -2.26. The number of carbonyl (C=O) groups excluding carboxylic acids is 1. The fourth-order valence-corrected chi connectivity index (χ4v) is 2.73. The molecule has 2 amide bonds. The summed E-state index contributed by atoms with van der Waals surface area (Å²) in [5, 5.41) is 0. The zero-order valence-electron chi connectivity index (χ0n) is 13.0. The van der Waals surface area contributed by atoms with Crippen molar-refractivity contribution < 1.29 is 18.0 Å². The number of hydrogen-bond donors (Lipinski definition) is 0. The molecule has 1 aromatic heterocycles. The van der Waals surface area contributed by atoms with E-state index < -0.39 is 17.8 Å². The van der Waals surface area contributed by atoms with Crippen LogP contribution in [0.4, 0.5) is 18.0 Å². The van der Waals surface area contributed by atoms with E-state index in [4.69, 9.17) is 6.42 Å². The summed E-state index contributed by atoms with van der Waals surface area (Å²) in [6.07, 6.45) is 2.47. The van der Waals surface area contributed by atoms with Gasteiger partial charge in [0.05, 0.1) is 12.1 Å². The third kappa shape index (κ3) is 4.06. The molecule has 0 aliphatic heterocycles. The minimum atomic E-state index is -4.39. The highest BCUT2D eigenvalue weighted by Gasteiger charge is 2.30. The lowest BCUT2D eigenvalue weighted by Gasteiger charge is -2.10. The SMILES string of the molecule is C#CCN(C)C(=O)/N=c1\sc(C)cn1-c1ccc(C(F)(F)F)cc1. The van der Waals surface area contributed by atoms with Gasteiger partial charge in [0.1, 0.15) is 0 Å².